The number of hydrogen-bond donors (Lipinski definition) is 6. The van der Waals surface area contributed by atoms with Gasteiger partial charge in [0.25, 0.3) is 0 Å². The van der Waals surface area contributed by atoms with Crippen LogP contribution in [0.2, 0.25) is 0 Å². The number of ether oxygens (including phenoxy) is 3. The van der Waals surface area contributed by atoms with Crippen molar-refractivity contribution in [3.05, 3.63) is 0 Å². The summed E-state index contributed by atoms with van der Waals surface area (Å²) >= 11 is 1.41. The Bertz CT molecular complexity index is 567. The molecule has 2 heterocycles. The van der Waals surface area contributed by atoms with Crippen molar-refractivity contribution < 1.29 is 44.5 Å². The third kappa shape index (κ3) is 8.09. The van der Waals surface area contributed by atoms with E-state index in [-0.39, 0.29) is 25.0 Å². The smallest absolute Gasteiger partial charge is 0.321 e. The largest absolute Gasteiger partial charge is 0.480 e. The van der Waals surface area contributed by atoms with Crippen LogP contribution in [0, 0.1) is 0 Å². The lowest BCUT2D eigenvalue weighted by atomic mass is 10.0. The van der Waals surface area contributed by atoms with Crippen molar-refractivity contribution in [2.24, 2.45) is 0 Å². The number of carboxylic acids is 1. The average Bonchev–Trinajstić information content (AvgIpc) is 2.70. The van der Waals surface area contributed by atoms with E-state index in [9.17, 15) is 30.3 Å². The molecule has 11 heteroatoms. The molecule has 0 saturated carbocycles. The summed E-state index contributed by atoms with van der Waals surface area (Å²) < 4.78 is 17.1. The molecule has 0 aromatic heterocycles. The van der Waals surface area contributed by atoms with Crippen molar-refractivity contribution in [1.82, 2.24) is 5.32 Å². The van der Waals surface area contributed by atoms with Gasteiger partial charge in [-0.25, -0.2) is 0 Å². The van der Waals surface area contributed by atoms with Gasteiger partial charge >= 0.3 is 5.97 Å². The molecule has 0 bridgehead atoms. The molecule has 0 aromatic carbocycles. The van der Waals surface area contributed by atoms with Crippen LogP contribution >= 0.6 is 11.8 Å². The number of thioether (sulfide) groups is 1. The molecule has 2 aliphatic heterocycles. The first-order valence-corrected chi connectivity index (χ1v) is 11.9. The summed E-state index contributed by atoms with van der Waals surface area (Å²) in [5.41, 5.74) is -0.303. The Morgan fingerprint density at radius 1 is 1.23 bits per heavy atom. The van der Waals surface area contributed by atoms with Crippen LogP contribution in [0.4, 0.5) is 0 Å². The summed E-state index contributed by atoms with van der Waals surface area (Å²) in [5.74, 6) is -0.159. The Balaban J connectivity index is 1.93. The minimum atomic E-state index is -1.08. The Morgan fingerprint density at radius 3 is 2.55 bits per heavy atom. The van der Waals surface area contributed by atoms with E-state index in [2.05, 4.69) is 5.32 Å². The van der Waals surface area contributed by atoms with Crippen LogP contribution in [0.15, 0.2) is 0 Å². The van der Waals surface area contributed by atoms with Crippen LogP contribution in [0.1, 0.15) is 40.0 Å². The van der Waals surface area contributed by atoms with E-state index in [1.165, 1.54) is 11.8 Å². The van der Waals surface area contributed by atoms with Crippen LogP contribution in [-0.2, 0) is 19.0 Å². The highest BCUT2D eigenvalue weighted by Gasteiger charge is 2.41. The lowest BCUT2D eigenvalue weighted by Gasteiger charge is -2.41. The van der Waals surface area contributed by atoms with Gasteiger partial charge in [-0.15, -0.1) is 0 Å². The quantitative estimate of drug-likeness (QED) is 0.229. The number of hydrogen-bond acceptors (Lipinski definition) is 10. The van der Waals surface area contributed by atoms with Gasteiger partial charge in [0.15, 0.2) is 6.29 Å². The highest BCUT2D eigenvalue weighted by Crippen LogP contribution is 2.28. The van der Waals surface area contributed by atoms with Crippen molar-refractivity contribution >= 4 is 17.7 Å². The number of rotatable bonds is 11. The molecule has 2 rings (SSSR count). The fraction of sp³-hybridized carbons (Fsp3) is 0.950. The lowest BCUT2D eigenvalue weighted by Crippen LogP contribution is -2.54. The number of aliphatic hydroxyl groups excluding tert-OH is 4. The van der Waals surface area contributed by atoms with Crippen molar-refractivity contribution in [3.8, 4) is 0 Å². The first-order chi connectivity index (χ1) is 14.6. The SMILES string of the molecule is CCC(C)(C)N[C@H](CSCC1OC[C@@H](O)C[C@@H]1O[C@@H]1OC(CO)[C@@H](O)C[C@@H]1O)C(=O)O. The van der Waals surface area contributed by atoms with E-state index in [1.54, 1.807) is 0 Å². The molecule has 2 saturated heterocycles. The number of nitrogens with one attached hydrogen (secondary N) is 1. The predicted octanol–water partition coefficient (Wildman–Crippen LogP) is -0.685. The Morgan fingerprint density at radius 2 is 1.94 bits per heavy atom. The van der Waals surface area contributed by atoms with E-state index in [1.807, 2.05) is 20.8 Å². The molecule has 31 heavy (non-hydrogen) atoms. The van der Waals surface area contributed by atoms with Crippen LogP contribution in [-0.4, -0.2) is 111 Å². The summed E-state index contributed by atoms with van der Waals surface area (Å²) in [6.07, 6.45) is -4.69. The third-order valence-electron chi connectivity index (χ3n) is 5.76. The second-order valence-electron chi connectivity index (χ2n) is 8.84. The molecular weight excluding hydrogens is 430 g/mol. The summed E-state index contributed by atoms with van der Waals surface area (Å²) in [6.45, 7) is 5.63. The van der Waals surface area contributed by atoms with Gasteiger partial charge in [0.1, 0.15) is 18.2 Å². The topological polar surface area (TPSA) is 158 Å². The molecule has 0 aromatic rings. The summed E-state index contributed by atoms with van der Waals surface area (Å²) in [4.78, 5) is 11.6. The van der Waals surface area contributed by atoms with Crippen molar-refractivity contribution in [2.45, 2.75) is 94.5 Å². The minimum absolute atomic E-state index is 0.00458. The van der Waals surface area contributed by atoms with E-state index in [0.717, 1.165) is 6.42 Å². The summed E-state index contributed by atoms with van der Waals surface area (Å²) in [5, 5.41) is 52.0. The third-order valence-corrected chi connectivity index (χ3v) is 6.89. The number of carbonyl (C=O) groups is 1. The highest BCUT2D eigenvalue weighted by atomic mass is 32.2. The molecular formula is C20H37NO9S. The van der Waals surface area contributed by atoms with E-state index in [0.29, 0.717) is 11.5 Å². The van der Waals surface area contributed by atoms with Gasteiger partial charge in [-0.2, -0.15) is 11.8 Å². The van der Waals surface area contributed by atoms with Gasteiger partial charge in [-0.05, 0) is 20.3 Å². The zero-order chi connectivity index (χ0) is 23.2. The molecule has 182 valence electrons. The Labute approximate surface area is 187 Å². The second kappa shape index (κ2) is 12.1. The van der Waals surface area contributed by atoms with Gasteiger partial charge in [-0.3, -0.25) is 10.1 Å². The fourth-order valence-corrected chi connectivity index (χ4v) is 4.64. The summed E-state index contributed by atoms with van der Waals surface area (Å²) in [6, 6.07) is -0.719. The first-order valence-electron chi connectivity index (χ1n) is 10.7. The molecule has 10 nitrogen and oxygen atoms in total. The van der Waals surface area contributed by atoms with E-state index < -0.39 is 61.5 Å². The van der Waals surface area contributed by atoms with Gasteiger partial charge in [0.05, 0.1) is 37.6 Å². The maximum absolute atomic E-state index is 11.6. The van der Waals surface area contributed by atoms with Crippen LogP contribution in [0.3, 0.4) is 0 Å². The maximum Gasteiger partial charge on any atom is 0.321 e. The van der Waals surface area contributed by atoms with Crippen LogP contribution in [0.25, 0.3) is 0 Å². The minimum Gasteiger partial charge on any atom is -0.480 e. The number of carboxylic acid groups (broad SMARTS) is 1. The maximum atomic E-state index is 11.6. The van der Waals surface area contributed by atoms with E-state index in [4.69, 9.17) is 14.2 Å². The van der Waals surface area contributed by atoms with E-state index >= 15 is 0 Å². The predicted molar refractivity (Wildman–Crippen MR) is 114 cm³/mol. The van der Waals surface area contributed by atoms with Crippen LogP contribution in [0.5, 0.6) is 0 Å². The highest BCUT2D eigenvalue weighted by molar-refractivity contribution is 7.99. The fourth-order valence-electron chi connectivity index (χ4n) is 3.50. The second-order valence-corrected chi connectivity index (χ2v) is 9.92. The Hall–Kier alpha value is -0.500. The molecule has 0 aliphatic carbocycles. The van der Waals surface area contributed by atoms with Crippen molar-refractivity contribution in [1.29, 1.82) is 0 Å². The molecule has 0 radical (unpaired) electrons. The van der Waals surface area contributed by atoms with Crippen molar-refractivity contribution in [2.75, 3.05) is 24.7 Å². The van der Waals surface area contributed by atoms with Crippen LogP contribution < -0.4 is 5.32 Å². The molecule has 2 unspecified atom stereocenters. The summed E-state index contributed by atoms with van der Waals surface area (Å²) in [7, 11) is 0. The number of aliphatic hydroxyl groups is 4. The number of aliphatic carboxylic acids is 1. The van der Waals surface area contributed by atoms with Gasteiger partial charge in [-0.1, -0.05) is 6.92 Å². The standard InChI is InChI=1S/C20H37NO9S/c1-4-20(2,3)21-12(18(26)27)9-31-10-17-15(5-11(23)8-28-17)29-19-14(25)6-13(24)16(7-22)30-19/h11-17,19,21-25H,4-10H2,1-3H3,(H,26,27)/t11-,12+,13-,14-,15-,16?,17?,19+/m0/s1. The van der Waals surface area contributed by atoms with Gasteiger partial charge < -0.3 is 39.7 Å². The zero-order valence-electron chi connectivity index (χ0n) is 18.3. The van der Waals surface area contributed by atoms with Gasteiger partial charge in [0, 0.05) is 29.9 Å². The Kier molecular flexibility index (Phi) is 10.4. The molecule has 6 N–H and O–H groups in total. The normalized spacial score (nSPS) is 35.6. The lowest BCUT2D eigenvalue weighted by molar-refractivity contribution is -0.299. The molecule has 2 aliphatic rings. The molecule has 2 fully saturated rings. The van der Waals surface area contributed by atoms with Crippen molar-refractivity contribution in [3.63, 3.8) is 0 Å². The zero-order valence-corrected chi connectivity index (χ0v) is 19.2. The van der Waals surface area contributed by atoms with Gasteiger partial charge in [0.2, 0.25) is 0 Å². The molecule has 8 atom stereocenters. The molecule has 0 spiro atoms. The monoisotopic (exact) mass is 467 g/mol. The first kappa shape index (κ1) is 26.7. The average molecular weight is 468 g/mol. The molecule has 0 amide bonds.